The van der Waals surface area contributed by atoms with Crippen LogP contribution in [0.2, 0.25) is 0 Å². The van der Waals surface area contributed by atoms with Crippen molar-refractivity contribution >= 4 is 34.5 Å². The highest BCUT2D eigenvalue weighted by Crippen LogP contribution is 2.47. The smallest absolute Gasteiger partial charge is 0.417 e. The molecule has 2 N–H and O–H groups in total. The van der Waals surface area contributed by atoms with Gasteiger partial charge in [-0.05, 0) is 57.4 Å². The number of hydrogen-bond donors (Lipinski definition) is 2. The van der Waals surface area contributed by atoms with E-state index in [9.17, 15) is 24.3 Å². The highest BCUT2D eigenvalue weighted by atomic mass is 16.7. The average molecular weight is 444 g/mol. The molecule has 3 atom stereocenters. The highest BCUT2D eigenvalue weighted by molar-refractivity contribution is 6.07. The molecule has 10 nitrogen and oxygen atoms in total. The molecule has 1 fully saturated rings. The molecular weight excluding hydrogens is 420 g/mol. The van der Waals surface area contributed by atoms with Gasteiger partial charge in [0, 0.05) is 0 Å². The first-order chi connectivity index (χ1) is 15.0. The molecule has 0 radical (unpaired) electrons. The van der Waals surface area contributed by atoms with Gasteiger partial charge in [0.1, 0.15) is 5.70 Å². The molecule has 0 unspecified atom stereocenters. The summed E-state index contributed by atoms with van der Waals surface area (Å²) in [5.41, 5.74) is 1.21. The Balaban J connectivity index is 1.65. The lowest BCUT2D eigenvalue weighted by molar-refractivity contribution is -0.175. The van der Waals surface area contributed by atoms with Gasteiger partial charge < -0.3 is 23.9 Å². The van der Waals surface area contributed by atoms with Crippen LogP contribution in [0.15, 0.2) is 33.1 Å². The summed E-state index contributed by atoms with van der Waals surface area (Å²) in [6, 6.07) is 4.52. The highest BCUT2D eigenvalue weighted by Gasteiger charge is 2.57. The standard InChI is InChI=1S/C22H24N2O8/c1-10(25)16-14-8-12(11-5-6-15-13(7-11)23-21(29)32-15)17(24(14)18(16)26)19(27)30-9-31-20(28)22(2,3)4/h5-7,10,14,16,25H,8-9H2,1-4H3,(H,23,29)/t10-,14-,16-/m1/s1. The van der Waals surface area contributed by atoms with Gasteiger partial charge >= 0.3 is 17.7 Å². The molecule has 0 saturated carbocycles. The van der Waals surface area contributed by atoms with Crippen molar-refractivity contribution in [3.63, 3.8) is 0 Å². The molecule has 2 aromatic rings. The lowest BCUT2D eigenvalue weighted by Crippen LogP contribution is -2.61. The van der Waals surface area contributed by atoms with Crippen molar-refractivity contribution in [3.05, 3.63) is 40.0 Å². The normalized spacial score (nSPS) is 21.4. The fourth-order valence-electron chi connectivity index (χ4n) is 4.08. The van der Waals surface area contributed by atoms with E-state index in [1.165, 1.54) is 11.8 Å². The van der Waals surface area contributed by atoms with Crippen molar-refractivity contribution in [3.8, 4) is 0 Å². The monoisotopic (exact) mass is 444 g/mol. The quantitative estimate of drug-likeness (QED) is 0.402. The number of nitrogens with one attached hydrogen (secondary N) is 1. The molecule has 170 valence electrons. The van der Waals surface area contributed by atoms with Crippen molar-refractivity contribution in [2.24, 2.45) is 11.3 Å². The van der Waals surface area contributed by atoms with Crippen molar-refractivity contribution in [2.75, 3.05) is 6.79 Å². The fraction of sp³-hybridized carbons (Fsp3) is 0.455. The number of amides is 1. The third-order valence-corrected chi connectivity index (χ3v) is 5.68. The third kappa shape index (κ3) is 3.60. The Morgan fingerprint density at radius 3 is 2.66 bits per heavy atom. The maximum atomic E-state index is 12.9. The van der Waals surface area contributed by atoms with Crippen LogP contribution in [-0.2, 0) is 23.9 Å². The maximum absolute atomic E-state index is 12.9. The first-order valence-corrected chi connectivity index (χ1v) is 10.2. The van der Waals surface area contributed by atoms with Crippen LogP contribution in [0.4, 0.5) is 0 Å². The van der Waals surface area contributed by atoms with Crippen LogP contribution in [0.3, 0.4) is 0 Å². The predicted octanol–water partition coefficient (Wildman–Crippen LogP) is 1.53. The van der Waals surface area contributed by atoms with Crippen molar-refractivity contribution in [2.45, 2.75) is 46.3 Å². The van der Waals surface area contributed by atoms with Crippen LogP contribution in [0, 0.1) is 11.3 Å². The maximum Gasteiger partial charge on any atom is 0.417 e. The molecule has 32 heavy (non-hydrogen) atoms. The number of β-lactam (4-membered cyclic amide) rings is 1. The number of aliphatic hydroxyl groups is 1. The van der Waals surface area contributed by atoms with E-state index in [1.807, 2.05) is 0 Å². The number of carbonyl (C=O) groups excluding carboxylic acids is 3. The number of fused-ring (bicyclic) bond motifs is 2. The van der Waals surface area contributed by atoms with Gasteiger partial charge in [0.25, 0.3) is 0 Å². The fourth-order valence-corrected chi connectivity index (χ4v) is 4.08. The Bertz CT molecular complexity index is 1200. The first kappa shape index (κ1) is 21.8. The van der Waals surface area contributed by atoms with E-state index in [2.05, 4.69) is 4.98 Å². The number of ether oxygens (including phenoxy) is 2. The van der Waals surface area contributed by atoms with Gasteiger partial charge in [0.2, 0.25) is 12.7 Å². The molecule has 2 aliphatic heterocycles. The zero-order chi connectivity index (χ0) is 23.4. The molecule has 3 heterocycles. The van der Waals surface area contributed by atoms with Gasteiger partial charge in [-0.1, -0.05) is 6.07 Å². The third-order valence-electron chi connectivity index (χ3n) is 5.68. The summed E-state index contributed by atoms with van der Waals surface area (Å²) in [7, 11) is 0. The van der Waals surface area contributed by atoms with Gasteiger partial charge in [0.05, 0.1) is 29.0 Å². The Morgan fingerprint density at radius 1 is 1.28 bits per heavy atom. The minimum absolute atomic E-state index is 0.0360. The molecule has 0 spiro atoms. The van der Waals surface area contributed by atoms with Gasteiger partial charge in [-0.25, -0.2) is 9.59 Å². The van der Waals surface area contributed by atoms with Gasteiger partial charge in [-0.3, -0.25) is 14.6 Å². The number of carbonyl (C=O) groups is 3. The Hall–Kier alpha value is -3.40. The lowest BCUT2D eigenvalue weighted by Gasteiger charge is -2.44. The van der Waals surface area contributed by atoms with Crippen LogP contribution in [0.25, 0.3) is 16.7 Å². The molecule has 1 aromatic heterocycles. The van der Waals surface area contributed by atoms with Crippen molar-refractivity contribution < 1.29 is 33.4 Å². The SMILES string of the molecule is C[C@@H](O)[C@H]1C(=O)N2C(C(=O)OCOC(=O)C(C)(C)C)=C(c3ccc4oc(=O)[nH]c4c3)C[C@H]12. The zero-order valence-corrected chi connectivity index (χ0v) is 18.1. The number of nitrogens with zero attached hydrogens (tertiary/aromatic N) is 1. The number of rotatable bonds is 5. The second-order valence-electron chi connectivity index (χ2n) is 9.03. The molecule has 1 aromatic carbocycles. The predicted molar refractivity (Wildman–Crippen MR) is 111 cm³/mol. The van der Waals surface area contributed by atoms with Crippen LogP contribution in [0.1, 0.15) is 39.7 Å². The minimum atomic E-state index is -0.874. The summed E-state index contributed by atoms with van der Waals surface area (Å²) in [6.45, 7) is 5.95. The number of hydrogen-bond acceptors (Lipinski definition) is 8. The van der Waals surface area contributed by atoms with E-state index >= 15 is 0 Å². The molecule has 10 heteroatoms. The van der Waals surface area contributed by atoms with E-state index in [4.69, 9.17) is 13.9 Å². The number of benzene rings is 1. The molecule has 2 aliphatic rings. The topological polar surface area (TPSA) is 139 Å². The van der Waals surface area contributed by atoms with Gasteiger partial charge in [0.15, 0.2) is 5.58 Å². The molecule has 4 rings (SSSR count). The van der Waals surface area contributed by atoms with Crippen molar-refractivity contribution in [1.82, 2.24) is 9.88 Å². The van der Waals surface area contributed by atoms with Crippen LogP contribution in [-0.4, -0.2) is 51.8 Å². The zero-order valence-electron chi connectivity index (χ0n) is 18.1. The Kier molecular flexibility index (Phi) is 5.20. The summed E-state index contributed by atoms with van der Waals surface area (Å²) < 4.78 is 15.2. The summed E-state index contributed by atoms with van der Waals surface area (Å²) >= 11 is 0. The van der Waals surface area contributed by atoms with E-state index in [0.717, 1.165) is 0 Å². The minimum Gasteiger partial charge on any atom is -0.427 e. The molecular formula is C22H24N2O8. The Morgan fingerprint density at radius 2 is 2.00 bits per heavy atom. The van der Waals surface area contributed by atoms with Gasteiger partial charge in [-0.2, -0.15) is 0 Å². The summed E-state index contributed by atoms with van der Waals surface area (Å²) in [4.78, 5) is 52.9. The summed E-state index contributed by atoms with van der Waals surface area (Å²) in [5.74, 6) is -2.97. The lowest BCUT2D eigenvalue weighted by atomic mass is 9.82. The van der Waals surface area contributed by atoms with Gasteiger partial charge in [-0.15, -0.1) is 0 Å². The second kappa shape index (κ2) is 7.63. The molecule has 1 saturated heterocycles. The second-order valence-corrected chi connectivity index (χ2v) is 9.03. The number of esters is 2. The number of aromatic nitrogens is 1. The molecule has 1 amide bonds. The number of oxazole rings is 1. The van der Waals surface area contributed by atoms with E-state index in [0.29, 0.717) is 28.7 Å². The van der Waals surface area contributed by atoms with E-state index < -0.39 is 48.0 Å². The summed E-state index contributed by atoms with van der Waals surface area (Å²) in [5, 5.41) is 10.0. The number of H-pyrrole nitrogens is 1. The largest absolute Gasteiger partial charge is 0.427 e. The van der Waals surface area contributed by atoms with Crippen molar-refractivity contribution in [1.29, 1.82) is 0 Å². The number of aromatic amines is 1. The molecule has 0 bridgehead atoms. The average Bonchev–Trinajstić information content (AvgIpc) is 3.23. The van der Waals surface area contributed by atoms with Crippen LogP contribution < -0.4 is 5.76 Å². The first-order valence-electron chi connectivity index (χ1n) is 10.2. The van der Waals surface area contributed by atoms with E-state index in [-0.39, 0.29) is 11.6 Å². The Labute approximate surface area is 182 Å². The van der Waals surface area contributed by atoms with Crippen LogP contribution >= 0.6 is 0 Å². The summed E-state index contributed by atoms with van der Waals surface area (Å²) in [6.07, 6.45) is -0.554. The molecule has 0 aliphatic carbocycles. The van der Waals surface area contributed by atoms with E-state index in [1.54, 1.807) is 39.0 Å². The van der Waals surface area contributed by atoms with Crippen LogP contribution in [0.5, 0.6) is 0 Å². The number of aliphatic hydroxyl groups excluding tert-OH is 1.